The van der Waals surface area contributed by atoms with Gasteiger partial charge in [-0.15, -0.1) is 0 Å². The van der Waals surface area contributed by atoms with Crippen LogP contribution >= 0.6 is 11.8 Å². The third-order valence-electron chi connectivity index (χ3n) is 2.74. The van der Waals surface area contributed by atoms with Crippen molar-refractivity contribution >= 4 is 23.4 Å². The molecule has 0 unspecified atom stereocenters. The Kier molecular flexibility index (Phi) is 5.60. The molecule has 2 aromatic rings. The number of H-pyrrole nitrogens is 1. The Labute approximate surface area is 132 Å². The van der Waals surface area contributed by atoms with Crippen LogP contribution < -0.4 is 15.6 Å². The van der Waals surface area contributed by atoms with Crippen LogP contribution in [0.1, 0.15) is 13.8 Å². The maximum Gasteiger partial charge on any atom is 0.251 e. The van der Waals surface area contributed by atoms with Crippen molar-refractivity contribution in [2.45, 2.75) is 24.3 Å². The monoisotopic (exact) mass is 319 g/mol. The van der Waals surface area contributed by atoms with E-state index >= 15 is 0 Å². The van der Waals surface area contributed by atoms with Gasteiger partial charge in [0.1, 0.15) is 5.75 Å². The second-order valence-corrected chi connectivity index (χ2v) is 5.78. The predicted molar refractivity (Wildman–Crippen MR) is 86.4 cm³/mol. The number of hydrogen-bond acceptors (Lipinski definition) is 5. The van der Waals surface area contributed by atoms with Crippen LogP contribution in [-0.4, -0.2) is 27.7 Å². The van der Waals surface area contributed by atoms with Gasteiger partial charge in [0.15, 0.2) is 5.16 Å². The number of thioether (sulfide) groups is 1. The predicted octanol–water partition coefficient (Wildman–Crippen LogP) is 2.29. The van der Waals surface area contributed by atoms with E-state index in [0.717, 1.165) is 5.75 Å². The van der Waals surface area contributed by atoms with Crippen LogP contribution in [0.3, 0.4) is 0 Å². The lowest BCUT2D eigenvalue weighted by Crippen LogP contribution is -2.23. The van der Waals surface area contributed by atoms with Gasteiger partial charge in [-0.2, -0.15) is 0 Å². The number of carbonyl (C=O) groups is 1. The Balaban J connectivity index is 1.94. The van der Waals surface area contributed by atoms with Gasteiger partial charge in [0.2, 0.25) is 5.91 Å². The molecule has 1 atom stereocenters. The first-order valence-corrected chi connectivity index (χ1v) is 7.72. The molecule has 2 N–H and O–H groups in total. The zero-order chi connectivity index (χ0) is 15.9. The molecule has 0 aliphatic carbocycles. The Morgan fingerprint density at radius 3 is 2.73 bits per heavy atom. The number of rotatable bonds is 6. The summed E-state index contributed by atoms with van der Waals surface area (Å²) in [5, 5.41) is 2.84. The summed E-state index contributed by atoms with van der Waals surface area (Å²) in [5.74, 6) is 0.592. The minimum Gasteiger partial charge on any atom is -0.494 e. The van der Waals surface area contributed by atoms with E-state index in [0.29, 0.717) is 17.5 Å². The molecule has 1 aromatic heterocycles. The number of aromatic nitrogens is 2. The molecular formula is C15H17N3O3S. The van der Waals surface area contributed by atoms with Crippen LogP contribution in [0.25, 0.3) is 0 Å². The van der Waals surface area contributed by atoms with Crippen molar-refractivity contribution in [1.29, 1.82) is 0 Å². The average molecular weight is 319 g/mol. The number of ether oxygens (including phenoxy) is 1. The summed E-state index contributed by atoms with van der Waals surface area (Å²) >= 11 is 1.19. The second kappa shape index (κ2) is 7.65. The fraction of sp³-hybridized carbons (Fsp3) is 0.267. The molecule has 2 rings (SSSR count). The van der Waals surface area contributed by atoms with Gasteiger partial charge in [0.05, 0.1) is 11.9 Å². The molecule has 6 nitrogen and oxygen atoms in total. The third kappa shape index (κ3) is 4.63. The summed E-state index contributed by atoms with van der Waals surface area (Å²) in [6.45, 7) is 4.26. The van der Waals surface area contributed by atoms with Crippen LogP contribution in [0, 0.1) is 0 Å². The number of nitrogens with zero attached hydrogens (tertiary/aromatic N) is 1. The average Bonchev–Trinajstić information content (AvgIpc) is 2.49. The van der Waals surface area contributed by atoms with Crippen molar-refractivity contribution in [3.63, 3.8) is 0 Å². The highest BCUT2D eigenvalue weighted by Crippen LogP contribution is 2.20. The maximum absolute atomic E-state index is 12.1. The van der Waals surface area contributed by atoms with Gasteiger partial charge in [-0.25, -0.2) is 4.98 Å². The lowest BCUT2D eigenvalue weighted by molar-refractivity contribution is -0.115. The molecule has 0 aliphatic rings. The lowest BCUT2D eigenvalue weighted by Gasteiger charge is -2.11. The zero-order valence-corrected chi connectivity index (χ0v) is 13.1. The molecule has 1 amide bonds. The van der Waals surface area contributed by atoms with Crippen LogP contribution in [0.15, 0.2) is 46.5 Å². The van der Waals surface area contributed by atoms with E-state index in [9.17, 15) is 9.59 Å². The summed E-state index contributed by atoms with van der Waals surface area (Å²) < 4.78 is 5.34. The van der Waals surface area contributed by atoms with E-state index in [1.807, 2.05) is 6.92 Å². The molecule has 0 saturated carbocycles. The van der Waals surface area contributed by atoms with Crippen molar-refractivity contribution in [2.24, 2.45) is 0 Å². The van der Waals surface area contributed by atoms with E-state index in [1.54, 1.807) is 31.2 Å². The molecule has 0 bridgehead atoms. The van der Waals surface area contributed by atoms with E-state index in [4.69, 9.17) is 4.74 Å². The van der Waals surface area contributed by atoms with Crippen molar-refractivity contribution in [3.05, 3.63) is 46.9 Å². The third-order valence-corrected chi connectivity index (χ3v) is 3.74. The molecule has 7 heteroatoms. The second-order valence-electron chi connectivity index (χ2n) is 4.45. The van der Waals surface area contributed by atoms with Crippen LogP contribution in [0.4, 0.5) is 5.69 Å². The number of benzene rings is 1. The Bertz CT molecular complexity index is 685. The van der Waals surface area contributed by atoms with Gasteiger partial charge >= 0.3 is 0 Å². The highest BCUT2D eigenvalue weighted by molar-refractivity contribution is 8.00. The largest absolute Gasteiger partial charge is 0.494 e. The minimum absolute atomic E-state index is 0.166. The van der Waals surface area contributed by atoms with Crippen LogP contribution in [-0.2, 0) is 4.79 Å². The first-order chi connectivity index (χ1) is 10.6. The SMILES string of the molecule is CCOc1ccc(NC(=O)[C@@H](C)Sc2nccc(=O)[nH]2)cc1. The van der Waals surface area contributed by atoms with Gasteiger partial charge in [-0.05, 0) is 38.1 Å². The van der Waals surface area contributed by atoms with Crippen LogP contribution in [0.2, 0.25) is 0 Å². The lowest BCUT2D eigenvalue weighted by atomic mass is 10.3. The molecule has 1 aromatic carbocycles. The number of carbonyl (C=O) groups excluding carboxylic acids is 1. The highest BCUT2D eigenvalue weighted by Gasteiger charge is 2.15. The van der Waals surface area contributed by atoms with Gasteiger partial charge in [0, 0.05) is 18.0 Å². The van der Waals surface area contributed by atoms with Gasteiger partial charge in [-0.3, -0.25) is 9.59 Å². The molecular weight excluding hydrogens is 302 g/mol. The Morgan fingerprint density at radius 1 is 1.36 bits per heavy atom. The molecule has 1 heterocycles. The van der Waals surface area contributed by atoms with Crippen LogP contribution in [0.5, 0.6) is 5.75 Å². The van der Waals surface area contributed by atoms with Gasteiger partial charge in [-0.1, -0.05) is 11.8 Å². The zero-order valence-electron chi connectivity index (χ0n) is 12.3. The molecule has 0 spiro atoms. The fourth-order valence-electron chi connectivity index (χ4n) is 1.68. The number of amides is 1. The number of aromatic amines is 1. The number of nitrogens with one attached hydrogen (secondary N) is 2. The summed E-state index contributed by atoms with van der Waals surface area (Å²) in [7, 11) is 0. The van der Waals surface area contributed by atoms with Gasteiger partial charge < -0.3 is 15.0 Å². The fourth-order valence-corrected chi connectivity index (χ4v) is 2.46. The van der Waals surface area contributed by atoms with Crippen molar-refractivity contribution in [2.75, 3.05) is 11.9 Å². The number of anilines is 1. The summed E-state index contributed by atoms with van der Waals surface area (Å²) in [6.07, 6.45) is 1.41. The highest BCUT2D eigenvalue weighted by atomic mass is 32.2. The standard InChI is InChI=1S/C15H17N3O3S/c1-3-21-12-6-4-11(5-7-12)17-14(20)10(2)22-15-16-9-8-13(19)18-15/h4-10H,3H2,1-2H3,(H,17,20)(H,16,18,19)/t10-/m1/s1. The first-order valence-electron chi connectivity index (χ1n) is 6.84. The quantitative estimate of drug-likeness (QED) is 0.630. The van der Waals surface area contributed by atoms with E-state index in [-0.39, 0.29) is 11.5 Å². The molecule has 0 saturated heterocycles. The van der Waals surface area contributed by atoms with Crippen molar-refractivity contribution in [3.8, 4) is 5.75 Å². The Hall–Kier alpha value is -2.28. The summed E-state index contributed by atoms with van der Waals surface area (Å²) in [4.78, 5) is 29.9. The van der Waals surface area contributed by atoms with Crippen molar-refractivity contribution < 1.29 is 9.53 Å². The Morgan fingerprint density at radius 2 is 2.09 bits per heavy atom. The molecule has 116 valence electrons. The normalized spacial score (nSPS) is 11.7. The summed E-state index contributed by atoms with van der Waals surface area (Å²) in [5.41, 5.74) is 0.451. The van der Waals surface area contributed by atoms with E-state index < -0.39 is 5.25 Å². The molecule has 0 aliphatic heterocycles. The maximum atomic E-state index is 12.1. The summed E-state index contributed by atoms with van der Waals surface area (Å²) in [6, 6.07) is 8.49. The van der Waals surface area contributed by atoms with Gasteiger partial charge in [0.25, 0.3) is 5.56 Å². The van der Waals surface area contributed by atoms with E-state index in [1.165, 1.54) is 24.0 Å². The molecule has 0 radical (unpaired) electrons. The minimum atomic E-state index is -0.392. The smallest absolute Gasteiger partial charge is 0.251 e. The number of hydrogen-bond donors (Lipinski definition) is 2. The van der Waals surface area contributed by atoms with E-state index in [2.05, 4.69) is 15.3 Å². The topological polar surface area (TPSA) is 84.1 Å². The van der Waals surface area contributed by atoms with Crippen molar-refractivity contribution in [1.82, 2.24) is 9.97 Å². The molecule has 0 fully saturated rings. The molecule has 22 heavy (non-hydrogen) atoms. The first kappa shape index (κ1) is 16.1.